The summed E-state index contributed by atoms with van der Waals surface area (Å²) in [6.07, 6.45) is 12.3. The van der Waals surface area contributed by atoms with Gasteiger partial charge in [0.25, 0.3) is 0 Å². The highest BCUT2D eigenvalue weighted by atomic mass is 15.1. The third-order valence-corrected chi connectivity index (χ3v) is 3.58. The van der Waals surface area contributed by atoms with Gasteiger partial charge in [-0.1, -0.05) is 42.5 Å². The quantitative estimate of drug-likeness (QED) is 0.794. The van der Waals surface area contributed by atoms with Crippen molar-refractivity contribution in [1.29, 1.82) is 0 Å². The monoisotopic (exact) mass is 238 g/mol. The molecule has 0 spiro atoms. The molecule has 2 heterocycles. The SMILES string of the molecule is CN1CCC=CC1/C=C/c1c[nH]c2ccccc12. The molecule has 1 aliphatic heterocycles. The van der Waals surface area contributed by atoms with Crippen molar-refractivity contribution in [3.8, 4) is 0 Å². The molecular formula is C16H18N2. The van der Waals surface area contributed by atoms with Crippen LogP contribution in [0.2, 0.25) is 0 Å². The lowest BCUT2D eigenvalue weighted by atomic mass is 10.1. The molecule has 1 atom stereocenters. The molecule has 0 bridgehead atoms. The maximum atomic E-state index is 3.30. The van der Waals surface area contributed by atoms with Crippen LogP contribution in [0.1, 0.15) is 12.0 Å². The van der Waals surface area contributed by atoms with Crippen LogP contribution in [0.5, 0.6) is 0 Å². The van der Waals surface area contributed by atoms with Gasteiger partial charge in [-0.3, -0.25) is 4.90 Å². The first kappa shape index (κ1) is 11.3. The van der Waals surface area contributed by atoms with E-state index >= 15 is 0 Å². The maximum Gasteiger partial charge on any atom is 0.0462 e. The van der Waals surface area contributed by atoms with Gasteiger partial charge in [0.2, 0.25) is 0 Å². The highest BCUT2D eigenvalue weighted by molar-refractivity contribution is 5.88. The van der Waals surface area contributed by atoms with Crippen molar-refractivity contribution < 1.29 is 0 Å². The molecule has 1 N–H and O–H groups in total. The third kappa shape index (κ3) is 2.12. The lowest BCUT2D eigenvalue weighted by Crippen LogP contribution is -2.31. The van der Waals surface area contributed by atoms with E-state index in [4.69, 9.17) is 0 Å². The Bertz CT molecular complexity index is 592. The Morgan fingerprint density at radius 2 is 2.22 bits per heavy atom. The van der Waals surface area contributed by atoms with Gasteiger partial charge in [-0.15, -0.1) is 0 Å². The number of rotatable bonds is 2. The van der Waals surface area contributed by atoms with Gasteiger partial charge in [-0.05, 0) is 25.1 Å². The van der Waals surface area contributed by atoms with E-state index in [-0.39, 0.29) is 0 Å². The number of likely N-dealkylation sites (N-methyl/N-ethyl adjacent to an activating group) is 1. The van der Waals surface area contributed by atoms with Crippen LogP contribution in [0.15, 0.2) is 48.7 Å². The highest BCUT2D eigenvalue weighted by Gasteiger charge is 2.10. The van der Waals surface area contributed by atoms with Crippen molar-refractivity contribution in [2.24, 2.45) is 0 Å². The van der Waals surface area contributed by atoms with E-state index in [1.54, 1.807) is 0 Å². The standard InChI is InChI=1S/C16H18N2/c1-18-11-5-4-6-14(18)10-9-13-12-17-16-8-3-2-7-15(13)16/h2-4,6-10,12,14,17H,5,11H2,1H3/b10-9+. The number of para-hydroxylation sites is 1. The number of aromatic nitrogens is 1. The molecule has 0 saturated heterocycles. The molecule has 3 rings (SSSR count). The van der Waals surface area contributed by atoms with Crippen molar-refractivity contribution >= 4 is 17.0 Å². The molecule has 1 unspecified atom stereocenters. The summed E-state index contributed by atoms with van der Waals surface area (Å²) < 4.78 is 0. The summed E-state index contributed by atoms with van der Waals surface area (Å²) in [5, 5.41) is 1.29. The fourth-order valence-electron chi connectivity index (χ4n) is 2.46. The maximum absolute atomic E-state index is 3.30. The summed E-state index contributed by atoms with van der Waals surface area (Å²) in [6, 6.07) is 8.84. The van der Waals surface area contributed by atoms with Crippen molar-refractivity contribution in [3.63, 3.8) is 0 Å². The van der Waals surface area contributed by atoms with Gasteiger partial charge in [0, 0.05) is 29.7 Å². The van der Waals surface area contributed by atoms with Crippen LogP contribution in [0.3, 0.4) is 0 Å². The number of hydrogen-bond acceptors (Lipinski definition) is 1. The first-order valence-electron chi connectivity index (χ1n) is 6.46. The molecule has 0 fully saturated rings. The average molecular weight is 238 g/mol. The summed E-state index contributed by atoms with van der Waals surface area (Å²) in [4.78, 5) is 5.67. The van der Waals surface area contributed by atoms with Gasteiger partial charge in [-0.25, -0.2) is 0 Å². The number of hydrogen-bond donors (Lipinski definition) is 1. The third-order valence-electron chi connectivity index (χ3n) is 3.58. The minimum atomic E-state index is 0.424. The van der Waals surface area contributed by atoms with Crippen molar-refractivity contribution in [2.45, 2.75) is 12.5 Å². The summed E-state index contributed by atoms with van der Waals surface area (Å²) in [7, 11) is 2.17. The van der Waals surface area contributed by atoms with Crippen LogP contribution < -0.4 is 0 Å². The van der Waals surface area contributed by atoms with E-state index in [0.29, 0.717) is 6.04 Å². The van der Waals surface area contributed by atoms with Crippen molar-refractivity contribution in [1.82, 2.24) is 9.88 Å². The molecule has 0 amide bonds. The molecule has 2 heteroatoms. The van der Waals surface area contributed by atoms with Crippen LogP contribution in [-0.4, -0.2) is 29.5 Å². The summed E-state index contributed by atoms with van der Waals surface area (Å²) in [5.74, 6) is 0. The Morgan fingerprint density at radius 3 is 3.11 bits per heavy atom. The molecule has 0 saturated carbocycles. The Hall–Kier alpha value is -1.80. The van der Waals surface area contributed by atoms with Crippen molar-refractivity contribution in [3.05, 3.63) is 54.3 Å². The van der Waals surface area contributed by atoms with Gasteiger partial charge in [-0.2, -0.15) is 0 Å². The minimum absolute atomic E-state index is 0.424. The Kier molecular flexibility index (Phi) is 3.03. The zero-order valence-electron chi connectivity index (χ0n) is 10.6. The topological polar surface area (TPSA) is 19.0 Å². The van der Waals surface area contributed by atoms with Crippen LogP contribution in [-0.2, 0) is 0 Å². The number of fused-ring (bicyclic) bond motifs is 1. The molecular weight excluding hydrogens is 220 g/mol. The smallest absolute Gasteiger partial charge is 0.0462 e. The van der Waals surface area contributed by atoms with E-state index in [1.165, 1.54) is 16.5 Å². The average Bonchev–Trinajstić information content (AvgIpc) is 2.81. The lowest BCUT2D eigenvalue weighted by Gasteiger charge is -2.25. The predicted octanol–water partition coefficient (Wildman–Crippen LogP) is 3.44. The fraction of sp³-hybridized carbons (Fsp3) is 0.250. The normalized spacial score (nSPS) is 21.1. The zero-order chi connectivity index (χ0) is 12.4. The summed E-state index contributed by atoms with van der Waals surface area (Å²) in [6.45, 7) is 1.14. The number of nitrogens with zero attached hydrogens (tertiary/aromatic N) is 1. The number of nitrogens with one attached hydrogen (secondary N) is 1. The van der Waals surface area contributed by atoms with Crippen molar-refractivity contribution in [2.75, 3.05) is 13.6 Å². The van der Waals surface area contributed by atoms with E-state index in [9.17, 15) is 0 Å². The first-order valence-corrected chi connectivity index (χ1v) is 6.46. The highest BCUT2D eigenvalue weighted by Crippen LogP contribution is 2.20. The van der Waals surface area contributed by atoms with Crippen LogP contribution >= 0.6 is 0 Å². The summed E-state index contributed by atoms with van der Waals surface area (Å²) >= 11 is 0. The number of H-pyrrole nitrogens is 1. The van der Waals surface area contributed by atoms with Gasteiger partial charge >= 0.3 is 0 Å². The van der Waals surface area contributed by atoms with Gasteiger partial charge < -0.3 is 4.98 Å². The first-order chi connectivity index (χ1) is 8.84. The molecule has 2 aromatic rings. The molecule has 2 nitrogen and oxygen atoms in total. The molecule has 92 valence electrons. The fourth-order valence-corrected chi connectivity index (χ4v) is 2.46. The number of aromatic amines is 1. The van der Waals surface area contributed by atoms with Gasteiger partial charge in [0.1, 0.15) is 0 Å². The van der Waals surface area contributed by atoms with E-state index in [1.807, 2.05) is 0 Å². The second kappa shape index (κ2) is 4.83. The molecule has 18 heavy (non-hydrogen) atoms. The van der Waals surface area contributed by atoms with E-state index in [0.717, 1.165) is 13.0 Å². The second-order valence-electron chi connectivity index (χ2n) is 4.84. The molecule has 0 radical (unpaired) electrons. The molecule has 1 aromatic heterocycles. The Morgan fingerprint density at radius 1 is 1.33 bits per heavy atom. The van der Waals surface area contributed by atoms with Crippen LogP contribution in [0.4, 0.5) is 0 Å². The predicted molar refractivity (Wildman–Crippen MR) is 77.5 cm³/mol. The Labute approximate surface area is 108 Å². The molecule has 1 aliphatic rings. The van der Waals surface area contributed by atoms with E-state index in [2.05, 4.69) is 71.7 Å². The van der Waals surface area contributed by atoms with Crippen LogP contribution in [0, 0.1) is 0 Å². The van der Waals surface area contributed by atoms with E-state index < -0.39 is 0 Å². The van der Waals surface area contributed by atoms with Gasteiger partial charge in [0.15, 0.2) is 0 Å². The summed E-state index contributed by atoms with van der Waals surface area (Å²) in [5.41, 5.74) is 2.46. The minimum Gasteiger partial charge on any atom is -0.361 e. The largest absolute Gasteiger partial charge is 0.361 e. The second-order valence-corrected chi connectivity index (χ2v) is 4.84. The lowest BCUT2D eigenvalue weighted by molar-refractivity contribution is 0.313. The molecule has 0 aliphatic carbocycles. The molecule has 1 aromatic carbocycles. The number of benzene rings is 1. The van der Waals surface area contributed by atoms with Gasteiger partial charge in [0.05, 0.1) is 0 Å². The van der Waals surface area contributed by atoms with Crippen LogP contribution in [0.25, 0.3) is 17.0 Å². The Balaban J connectivity index is 1.87. The zero-order valence-corrected chi connectivity index (χ0v) is 10.6.